The summed E-state index contributed by atoms with van der Waals surface area (Å²) in [5.74, 6) is -1.94. The van der Waals surface area contributed by atoms with E-state index in [9.17, 15) is 19.5 Å². The molecule has 1 fully saturated rings. The Kier molecular flexibility index (Phi) is 7.64. The fourth-order valence-corrected chi connectivity index (χ4v) is 4.57. The first-order valence-corrected chi connectivity index (χ1v) is 12.1. The Morgan fingerprint density at radius 3 is 2.35 bits per heavy atom. The summed E-state index contributed by atoms with van der Waals surface area (Å²) >= 11 is 6.21. The van der Waals surface area contributed by atoms with Gasteiger partial charge in [-0.15, -0.1) is 0 Å². The molecule has 1 saturated heterocycles. The van der Waals surface area contributed by atoms with Crippen LogP contribution >= 0.6 is 11.6 Å². The molecular formula is C29H26ClNO6. The van der Waals surface area contributed by atoms with E-state index in [1.54, 1.807) is 42.5 Å². The van der Waals surface area contributed by atoms with Gasteiger partial charge in [-0.25, -0.2) is 4.79 Å². The van der Waals surface area contributed by atoms with Crippen molar-refractivity contribution < 1.29 is 29.0 Å². The van der Waals surface area contributed by atoms with Crippen molar-refractivity contribution in [1.29, 1.82) is 0 Å². The predicted octanol–water partition coefficient (Wildman–Crippen LogP) is 5.46. The molecule has 1 atom stereocenters. The second kappa shape index (κ2) is 10.9. The fraction of sp³-hybridized carbons (Fsp3) is 0.207. The Labute approximate surface area is 219 Å². The molecule has 3 aromatic rings. The molecule has 1 aliphatic heterocycles. The second-order valence-corrected chi connectivity index (χ2v) is 8.96. The predicted molar refractivity (Wildman–Crippen MR) is 139 cm³/mol. The number of aliphatic hydroxyl groups excluding tert-OH is 1. The van der Waals surface area contributed by atoms with Crippen molar-refractivity contribution in [2.75, 3.05) is 13.7 Å². The van der Waals surface area contributed by atoms with Gasteiger partial charge in [-0.1, -0.05) is 48.0 Å². The van der Waals surface area contributed by atoms with Crippen molar-refractivity contribution in [2.24, 2.45) is 0 Å². The summed E-state index contributed by atoms with van der Waals surface area (Å²) in [6.07, 6.45) is 0. The number of aliphatic hydroxyl groups is 1. The Balaban J connectivity index is 1.82. The zero-order valence-corrected chi connectivity index (χ0v) is 21.4. The Bertz CT molecular complexity index is 1400. The van der Waals surface area contributed by atoms with E-state index in [-0.39, 0.29) is 17.9 Å². The molecule has 1 unspecified atom stereocenters. The van der Waals surface area contributed by atoms with Gasteiger partial charge in [-0.2, -0.15) is 0 Å². The highest BCUT2D eigenvalue weighted by Crippen LogP contribution is 2.42. The normalized spacial score (nSPS) is 16.6. The maximum Gasteiger partial charge on any atom is 0.337 e. The van der Waals surface area contributed by atoms with Crippen molar-refractivity contribution >= 4 is 35.0 Å². The lowest BCUT2D eigenvalue weighted by molar-refractivity contribution is -0.140. The van der Waals surface area contributed by atoms with Crippen molar-refractivity contribution in [3.63, 3.8) is 0 Å². The maximum absolute atomic E-state index is 13.3. The number of carbonyl (C=O) groups excluding carboxylic acids is 3. The van der Waals surface area contributed by atoms with E-state index in [1.807, 2.05) is 38.1 Å². The number of ether oxygens (including phenoxy) is 2. The fourth-order valence-electron chi connectivity index (χ4n) is 4.39. The van der Waals surface area contributed by atoms with Gasteiger partial charge in [0.1, 0.15) is 11.5 Å². The second-order valence-electron chi connectivity index (χ2n) is 8.55. The van der Waals surface area contributed by atoms with E-state index in [2.05, 4.69) is 0 Å². The van der Waals surface area contributed by atoms with Gasteiger partial charge < -0.3 is 19.5 Å². The molecule has 0 aliphatic carbocycles. The topological polar surface area (TPSA) is 93.1 Å². The van der Waals surface area contributed by atoms with E-state index in [0.717, 1.165) is 5.56 Å². The molecule has 0 saturated carbocycles. The number of carbonyl (C=O) groups is 3. The molecule has 37 heavy (non-hydrogen) atoms. The molecule has 0 radical (unpaired) electrons. The number of nitrogens with zero attached hydrogens (tertiary/aromatic N) is 1. The van der Waals surface area contributed by atoms with Crippen molar-refractivity contribution in [3.05, 3.63) is 105 Å². The van der Waals surface area contributed by atoms with Crippen LogP contribution in [0.15, 0.2) is 72.3 Å². The number of hydrogen-bond donors (Lipinski definition) is 1. The molecule has 4 rings (SSSR count). The zero-order valence-electron chi connectivity index (χ0n) is 20.7. The molecule has 190 valence electrons. The molecule has 8 heteroatoms. The lowest BCUT2D eigenvalue weighted by Crippen LogP contribution is -2.29. The average molecular weight is 520 g/mol. The highest BCUT2D eigenvalue weighted by Gasteiger charge is 2.46. The summed E-state index contributed by atoms with van der Waals surface area (Å²) < 4.78 is 10.3. The number of benzene rings is 3. The summed E-state index contributed by atoms with van der Waals surface area (Å²) in [5, 5.41) is 11.7. The smallest absolute Gasteiger partial charge is 0.337 e. The number of aryl methyl sites for hydroxylation is 1. The molecular weight excluding hydrogens is 494 g/mol. The summed E-state index contributed by atoms with van der Waals surface area (Å²) in [6, 6.07) is 17.9. The number of halogens is 1. The van der Waals surface area contributed by atoms with Crippen LogP contribution in [0.25, 0.3) is 5.76 Å². The summed E-state index contributed by atoms with van der Waals surface area (Å²) in [6.45, 7) is 4.15. The van der Waals surface area contributed by atoms with E-state index in [1.165, 1.54) is 12.0 Å². The highest BCUT2D eigenvalue weighted by atomic mass is 35.5. The summed E-state index contributed by atoms with van der Waals surface area (Å²) in [7, 11) is 1.30. The molecule has 0 spiro atoms. The lowest BCUT2D eigenvalue weighted by atomic mass is 9.92. The number of amides is 1. The molecule has 0 aromatic heterocycles. The lowest BCUT2D eigenvalue weighted by Gasteiger charge is -2.26. The Morgan fingerprint density at radius 2 is 1.70 bits per heavy atom. The first kappa shape index (κ1) is 26.0. The van der Waals surface area contributed by atoms with Crippen LogP contribution in [0.4, 0.5) is 0 Å². The van der Waals surface area contributed by atoms with Crippen LogP contribution in [0.3, 0.4) is 0 Å². The minimum Gasteiger partial charge on any atom is -0.507 e. The number of likely N-dealkylation sites (tertiary alicyclic amines) is 1. The quantitative estimate of drug-likeness (QED) is 0.193. The van der Waals surface area contributed by atoms with Crippen molar-refractivity contribution in [1.82, 2.24) is 4.90 Å². The van der Waals surface area contributed by atoms with Gasteiger partial charge in [0, 0.05) is 12.1 Å². The standard InChI is InChI=1S/C29H26ClNO6/c1-4-37-23-15-20(13-14-22(23)30)26(32)24-25(21-8-6-5-7-17(21)2)31(28(34)27(24)33)16-18-9-11-19(12-10-18)29(35)36-3/h5-15,25,32H,4,16H2,1-3H3/b26-24+. The van der Waals surface area contributed by atoms with Crippen LogP contribution in [0.1, 0.15) is 45.6 Å². The summed E-state index contributed by atoms with van der Waals surface area (Å²) in [4.78, 5) is 39.9. The van der Waals surface area contributed by atoms with Crippen LogP contribution in [-0.4, -0.2) is 41.4 Å². The number of Topliss-reactive ketones (excluding diaryl/α,β-unsaturated/α-hetero) is 1. The van der Waals surface area contributed by atoms with E-state index in [4.69, 9.17) is 21.1 Å². The minimum atomic E-state index is -0.826. The van der Waals surface area contributed by atoms with Gasteiger partial charge in [0.05, 0.1) is 35.9 Å². The molecule has 1 amide bonds. The minimum absolute atomic E-state index is 0.0183. The third kappa shape index (κ3) is 5.08. The number of rotatable bonds is 7. The molecule has 7 nitrogen and oxygen atoms in total. The van der Waals surface area contributed by atoms with Gasteiger partial charge in [-0.05, 0) is 60.9 Å². The number of esters is 1. The van der Waals surface area contributed by atoms with Gasteiger partial charge in [0.25, 0.3) is 11.7 Å². The Hall–Kier alpha value is -4.10. The molecule has 1 heterocycles. The van der Waals surface area contributed by atoms with Gasteiger partial charge >= 0.3 is 5.97 Å². The first-order valence-electron chi connectivity index (χ1n) is 11.7. The third-order valence-corrected chi connectivity index (χ3v) is 6.57. The highest BCUT2D eigenvalue weighted by molar-refractivity contribution is 6.46. The van der Waals surface area contributed by atoms with E-state index in [0.29, 0.717) is 39.6 Å². The SMILES string of the molecule is CCOc1cc(/C(O)=C2\C(=O)C(=O)N(Cc3ccc(C(=O)OC)cc3)C2c2ccccc2C)ccc1Cl. The number of hydrogen-bond acceptors (Lipinski definition) is 6. The van der Waals surface area contributed by atoms with Crippen LogP contribution < -0.4 is 4.74 Å². The van der Waals surface area contributed by atoms with Gasteiger partial charge in [0.15, 0.2) is 0 Å². The molecule has 3 aromatic carbocycles. The largest absolute Gasteiger partial charge is 0.507 e. The van der Waals surface area contributed by atoms with Gasteiger partial charge in [-0.3, -0.25) is 9.59 Å². The van der Waals surface area contributed by atoms with Gasteiger partial charge in [0.2, 0.25) is 0 Å². The maximum atomic E-state index is 13.3. The number of ketones is 1. The third-order valence-electron chi connectivity index (χ3n) is 6.26. The van der Waals surface area contributed by atoms with Crippen molar-refractivity contribution in [2.45, 2.75) is 26.4 Å². The van der Waals surface area contributed by atoms with Crippen molar-refractivity contribution in [3.8, 4) is 5.75 Å². The molecule has 1 aliphatic rings. The Morgan fingerprint density at radius 1 is 1.03 bits per heavy atom. The monoisotopic (exact) mass is 519 g/mol. The zero-order chi connectivity index (χ0) is 26.7. The van der Waals surface area contributed by atoms with Crippen LogP contribution in [0.2, 0.25) is 5.02 Å². The number of methoxy groups -OCH3 is 1. The molecule has 1 N–H and O–H groups in total. The van der Waals surface area contributed by atoms with Crippen LogP contribution in [0.5, 0.6) is 5.75 Å². The summed E-state index contributed by atoms with van der Waals surface area (Å²) in [5.41, 5.74) is 2.95. The van der Waals surface area contributed by atoms with Crippen LogP contribution in [0, 0.1) is 6.92 Å². The first-order chi connectivity index (χ1) is 17.8. The van der Waals surface area contributed by atoms with Crippen LogP contribution in [-0.2, 0) is 20.9 Å². The van der Waals surface area contributed by atoms with E-state index >= 15 is 0 Å². The molecule has 0 bridgehead atoms. The van der Waals surface area contributed by atoms with E-state index < -0.39 is 23.7 Å². The average Bonchev–Trinajstić information content (AvgIpc) is 3.14.